The van der Waals surface area contributed by atoms with E-state index < -0.39 is 0 Å². The van der Waals surface area contributed by atoms with Gasteiger partial charge in [0.1, 0.15) is 5.82 Å². The van der Waals surface area contributed by atoms with E-state index in [2.05, 4.69) is 56.8 Å². The predicted octanol–water partition coefficient (Wildman–Crippen LogP) is 3.57. The smallest absolute Gasteiger partial charge is 0.201 e. The molecule has 0 bridgehead atoms. The van der Waals surface area contributed by atoms with Gasteiger partial charge in [-0.2, -0.15) is 4.52 Å². The van der Waals surface area contributed by atoms with Crippen LogP contribution in [0, 0.1) is 6.92 Å². The van der Waals surface area contributed by atoms with Gasteiger partial charge in [0.25, 0.3) is 0 Å². The van der Waals surface area contributed by atoms with Crippen molar-refractivity contribution >= 4 is 17.2 Å². The molecular formula is C21H24N8. The summed E-state index contributed by atoms with van der Waals surface area (Å²) in [6, 6.07) is 12.2. The molecule has 8 heteroatoms. The van der Waals surface area contributed by atoms with Crippen LogP contribution in [0.4, 0.5) is 11.5 Å². The molecule has 0 spiro atoms. The van der Waals surface area contributed by atoms with Crippen LogP contribution in [0.3, 0.4) is 0 Å². The van der Waals surface area contributed by atoms with E-state index in [1.807, 2.05) is 31.2 Å². The maximum atomic E-state index is 4.70. The highest BCUT2D eigenvalue weighted by molar-refractivity contribution is 5.70. The SMILES string of the molecule is Cc1cnc(CNc2cc(NCc3ccccc3)c3nnc(C(C)C)n3n2)cn1. The van der Waals surface area contributed by atoms with Gasteiger partial charge < -0.3 is 10.6 Å². The summed E-state index contributed by atoms with van der Waals surface area (Å²) in [5.74, 6) is 1.75. The van der Waals surface area contributed by atoms with Gasteiger partial charge in [0.05, 0.1) is 29.8 Å². The Morgan fingerprint density at radius 3 is 2.52 bits per heavy atom. The second-order valence-corrected chi connectivity index (χ2v) is 7.23. The first-order valence-corrected chi connectivity index (χ1v) is 9.65. The maximum absolute atomic E-state index is 4.70. The molecule has 4 aromatic rings. The molecule has 4 rings (SSSR count). The molecule has 0 aliphatic carbocycles. The number of hydrogen-bond acceptors (Lipinski definition) is 7. The van der Waals surface area contributed by atoms with E-state index in [9.17, 15) is 0 Å². The third-order valence-corrected chi connectivity index (χ3v) is 4.52. The molecule has 1 aromatic carbocycles. The molecule has 0 aliphatic rings. The molecule has 148 valence electrons. The number of rotatable bonds is 7. The molecule has 0 fully saturated rings. The molecular weight excluding hydrogens is 364 g/mol. The number of nitrogens with zero attached hydrogens (tertiary/aromatic N) is 6. The molecule has 0 aliphatic heterocycles. The quantitative estimate of drug-likeness (QED) is 0.500. The first kappa shape index (κ1) is 18.8. The number of aromatic nitrogens is 6. The summed E-state index contributed by atoms with van der Waals surface area (Å²) in [4.78, 5) is 8.68. The van der Waals surface area contributed by atoms with Gasteiger partial charge in [-0.1, -0.05) is 44.2 Å². The molecule has 0 unspecified atom stereocenters. The Labute approximate surface area is 169 Å². The number of benzene rings is 1. The van der Waals surface area contributed by atoms with Crippen molar-refractivity contribution in [3.8, 4) is 0 Å². The summed E-state index contributed by atoms with van der Waals surface area (Å²) in [5.41, 5.74) is 4.53. The minimum Gasteiger partial charge on any atom is -0.378 e. The zero-order chi connectivity index (χ0) is 20.2. The van der Waals surface area contributed by atoms with Gasteiger partial charge in [-0.05, 0) is 12.5 Å². The molecule has 0 saturated carbocycles. The van der Waals surface area contributed by atoms with E-state index in [0.717, 1.165) is 28.7 Å². The molecule has 3 aromatic heterocycles. The minimum absolute atomic E-state index is 0.206. The predicted molar refractivity (Wildman–Crippen MR) is 113 cm³/mol. The summed E-state index contributed by atoms with van der Waals surface area (Å²) >= 11 is 0. The lowest BCUT2D eigenvalue weighted by Gasteiger charge is -2.12. The standard InChI is InChI=1S/C21H24N8/c1-14(2)20-26-27-21-18(24-11-16-7-5-4-6-8-16)9-19(28-29(20)21)25-13-17-12-22-15(3)10-23-17/h4-10,12,14,24H,11,13H2,1-3H3,(H,25,28). The fourth-order valence-electron chi connectivity index (χ4n) is 2.96. The van der Waals surface area contributed by atoms with E-state index in [-0.39, 0.29) is 5.92 Å². The highest BCUT2D eigenvalue weighted by Crippen LogP contribution is 2.23. The summed E-state index contributed by atoms with van der Waals surface area (Å²) in [5, 5.41) is 20.2. The number of anilines is 2. The van der Waals surface area contributed by atoms with Gasteiger partial charge in [0.2, 0.25) is 5.65 Å². The zero-order valence-corrected chi connectivity index (χ0v) is 16.8. The molecule has 29 heavy (non-hydrogen) atoms. The minimum atomic E-state index is 0.206. The van der Waals surface area contributed by atoms with Crippen LogP contribution in [0.5, 0.6) is 0 Å². The second-order valence-electron chi connectivity index (χ2n) is 7.23. The van der Waals surface area contributed by atoms with Gasteiger partial charge in [0.15, 0.2) is 5.82 Å². The normalized spacial score (nSPS) is 11.2. The van der Waals surface area contributed by atoms with Crippen LogP contribution in [0.1, 0.15) is 42.5 Å². The average molecular weight is 388 g/mol. The van der Waals surface area contributed by atoms with Gasteiger partial charge >= 0.3 is 0 Å². The fourth-order valence-corrected chi connectivity index (χ4v) is 2.96. The Morgan fingerprint density at radius 1 is 0.966 bits per heavy atom. The Kier molecular flexibility index (Phi) is 5.33. The molecule has 0 radical (unpaired) electrons. The van der Waals surface area contributed by atoms with Crippen molar-refractivity contribution in [2.75, 3.05) is 10.6 Å². The zero-order valence-electron chi connectivity index (χ0n) is 16.8. The third-order valence-electron chi connectivity index (χ3n) is 4.52. The van der Waals surface area contributed by atoms with Crippen LogP contribution in [0.15, 0.2) is 48.8 Å². The van der Waals surface area contributed by atoms with E-state index >= 15 is 0 Å². The second kappa shape index (κ2) is 8.22. The monoisotopic (exact) mass is 388 g/mol. The van der Waals surface area contributed by atoms with Crippen LogP contribution < -0.4 is 10.6 Å². The van der Waals surface area contributed by atoms with Crippen molar-refractivity contribution < 1.29 is 0 Å². The lowest BCUT2D eigenvalue weighted by Crippen LogP contribution is -2.10. The van der Waals surface area contributed by atoms with Gasteiger partial charge in [0, 0.05) is 24.7 Å². The van der Waals surface area contributed by atoms with Crippen LogP contribution in [0.25, 0.3) is 5.65 Å². The number of aryl methyl sites for hydroxylation is 1. The van der Waals surface area contributed by atoms with E-state index in [4.69, 9.17) is 5.10 Å². The van der Waals surface area contributed by atoms with Crippen molar-refractivity contribution in [2.45, 2.75) is 39.8 Å². The highest BCUT2D eigenvalue weighted by Gasteiger charge is 2.15. The Bertz CT molecular complexity index is 1090. The first-order chi connectivity index (χ1) is 14.1. The van der Waals surface area contributed by atoms with Gasteiger partial charge in [-0.3, -0.25) is 9.97 Å². The molecule has 8 nitrogen and oxygen atoms in total. The molecule has 2 N–H and O–H groups in total. The number of nitrogens with one attached hydrogen (secondary N) is 2. The first-order valence-electron chi connectivity index (χ1n) is 9.65. The molecule has 0 amide bonds. The van der Waals surface area contributed by atoms with Crippen molar-refractivity contribution in [3.05, 3.63) is 71.6 Å². The average Bonchev–Trinajstić information content (AvgIpc) is 3.17. The molecule has 3 heterocycles. The van der Waals surface area contributed by atoms with Gasteiger partial charge in [-0.15, -0.1) is 15.3 Å². The lowest BCUT2D eigenvalue weighted by atomic mass is 10.2. The summed E-state index contributed by atoms with van der Waals surface area (Å²) in [6.07, 6.45) is 3.53. The molecule has 0 saturated heterocycles. The third kappa shape index (κ3) is 4.31. The van der Waals surface area contributed by atoms with E-state index in [1.54, 1.807) is 16.9 Å². The van der Waals surface area contributed by atoms with Crippen molar-refractivity contribution in [2.24, 2.45) is 0 Å². The van der Waals surface area contributed by atoms with Crippen LogP contribution >= 0.6 is 0 Å². The topological polar surface area (TPSA) is 92.9 Å². The number of fused-ring (bicyclic) bond motifs is 1. The Balaban J connectivity index is 1.62. The summed E-state index contributed by atoms with van der Waals surface area (Å²) < 4.78 is 1.81. The van der Waals surface area contributed by atoms with Crippen LogP contribution in [0.2, 0.25) is 0 Å². The lowest BCUT2D eigenvalue weighted by molar-refractivity contribution is 0.721. The van der Waals surface area contributed by atoms with Crippen LogP contribution in [-0.2, 0) is 13.1 Å². The highest BCUT2D eigenvalue weighted by atomic mass is 15.4. The van der Waals surface area contributed by atoms with Crippen molar-refractivity contribution in [1.29, 1.82) is 0 Å². The van der Waals surface area contributed by atoms with Crippen molar-refractivity contribution in [1.82, 2.24) is 29.8 Å². The Hall–Kier alpha value is -3.55. The van der Waals surface area contributed by atoms with Crippen LogP contribution in [-0.4, -0.2) is 29.8 Å². The summed E-state index contributed by atoms with van der Waals surface area (Å²) in [7, 11) is 0. The van der Waals surface area contributed by atoms with E-state index in [0.29, 0.717) is 18.7 Å². The van der Waals surface area contributed by atoms with E-state index in [1.165, 1.54) is 5.56 Å². The molecule has 0 atom stereocenters. The Morgan fingerprint density at radius 2 is 1.79 bits per heavy atom. The maximum Gasteiger partial charge on any atom is 0.201 e. The number of hydrogen-bond donors (Lipinski definition) is 2. The largest absolute Gasteiger partial charge is 0.378 e. The van der Waals surface area contributed by atoms with Crippen molar-refractivity contribution in [3.63, 3.8) is 0 Å². The van der Waals surface area contributed by atoms with Gasteiger partial charge in [-0.25, -0.2) is 0 Å². The summed E-state index contributed by atoms with van der Waals surface area (Å²) in [6.45, 7) is 7.30. The fraction of sp³-hybridized carbons (Fsp3) is 0.286.